The highest BCUT2D eigenvalue weighted by molar-refractivity contribution is 6.43. The molecule has 0 aromatic heterocycles. The Kier molecular flexibility index (Phi) is 5.03. The molecule has 5 nitrogen and oxygen atoms in total. The maximum atomic E-state index is 12.0. The number of carbonyl (C=O) groups excluding carboxylic acids is 2. The zero-order valence-electron chi connectivity index (χ0n) is 11.7. The zero-order valence-corrected chi connectivity index (χ0v) is 11.7. The molecule has 0 bridgehead atoms. The number of hydrogen-bond acceptors (Lipinski definition) is 3. The quantitative estimate of drug-likeness (QED) is 0.627. The van der Waals surface area contributed by atoms with E-state index >= 15 is 0 Å². The maximum Gasteiger partial charge on any atom is 0.326 e. The van der Waals surface area contributed by atoms with Gasteiger partial charge in [-0.3, -0.25) is 9.59 Å². The second-order valence-electron chi connectivity index (χ2n) is 4.75. The summed E-state index contributed by atoms with van der Waals surface area (Å²) in [6.45, 7) is 0. The Labute approximate surface area is 127 Å². The Balaban J connectivity index is 2.06. The van der Waals surface area contributed by atoms with Gasteiger partial charge in [-0.25, -0.2) is 4.79 Å². The van der Waals surface area contributed by atoms with Crippen molar-refractivity contribution in [1.29, 1.82) is 0 Å². The molecule has 5 heteroatoms. The van der Waals surface area contributed by atoms with Gasteiger partial charge in [0.2, 0.25) is 5.78 Å². The molecule has 22 heavy (non-hydrogen) atoms. The van der Waals surface area contributed by atoms with Gasteiger partial charge >= 0.3 is 5.97 Å². The molecule has 2 rings (SSSR count). The Morgan fingerprint density at radius 2 is 1.45 bits per heavy atom. The van der Waals surface area contributed by atoms with Gasteiger partial charge < -0.3 is 10.4 Å². The van der Waals surface area contributed by atoms with Gasteiger partial charge in [0, 0.05) is 12.0 Å². The van der Waals surface area contributed by atoms with E-state index in [4.69, 9.17) is 0 Å². The summed E-state index contributed by atoms with van der Waals surface area (Å²) < 4.78 is 0. The molecule has 112 valence electrons. The molecule has 0 spiro atoms. The highest BCUT2D eigenvalue weighted by Gasteiger charge is 2.24. The number of carboxylic acids is 1. The van der Waals surface area contributed by atoms with E-state index < -0.39 is 23.7 Å². The third-order valence-electron chi connectivity index (χ3n) is 3.13. The lowest BCUT2D eigenvalue weighted by atomic mass is 10.1. The van der Waals surface area contributed by atoms with Crippen molar-refractivity contribution in [2.45, 2.75) is 12.5 Å². The Morgan fingerprint density at radius 3 is 2.00 bits per heavy atom. The van der Waals surface area contributed by atoms with Gasteiger partial charge in [-0.15, -0.1) is 0 Å². The highest BCUT2D eigenvalue weighted by Crippen LogP contribution is 2.05. The zero-order chi connectivity index (χ0) is 15.9. The molecule has 0 saturated heterocycles. The van der Waals surface area contributed by atoms with E-state index in [2.05, 4.69) is 5.32 Å². The van der Waals surface area contributed by atoms with Crippen molar-refractivity contribution in [1.82, 2.24) is 5.32 Å². The normalized spacial score (nSPS) is 11.5. The lowest BCUT2D eigenvalue weighted by molar-refractivity contribution is -0.141. The monoisotopic (exact) mass is 297 g/mol. The van der Waals surface area contributed by atoms with E-state index in [1.54, 1.807) is 42.5 Å². The summed E-state index contributed by atoms with van der Waals surface area (Å²) in [6, 6.07) is 15.8. The van der Waals surface area contributed by atoms with E-state index in [-0.39, 0.29) is 12.0 Å². The van der Waals surface area contributed by atoms with Crippen LogP contribution in [0.25, 0.3) is 0 Å². The molecule has 1 atom stereocenters. The molecule has 1 amide bonds. The summed E-state index contributed by atoms with van der Waals surface area (Å²) in [5.41, 5.74) is 0.992. The molecule has 2 aromatic carbocycles. The fraction of sp³-hybridized carbons (Fsp3) is 0.118. The summed E-state index contributed by atoms with van der Waals surface area (Å²) in [4.78, 5) is 35.1. The summed E-state index contributed by atoms with van der Waals surface area (Å²) in [5, 5.41) is 11.5. The van der Waals surface area contributed by atoms with Crippen molar-refractivity contribution in [2.24, 2.45) is 0 Å². The Bertz CT molecular complexity index is 668. The van der Waals surface area contributed by atoms with Gasteiger partial charge in [-0.1, -0.05) is 60.7 Å². The number of benzene rings is 2. The average Bonchev–Trinajstić information content (AvgIpc) is 2.55. The molecular formula is C17H15NO4. The standard InChI is InChI=1S/C17H15NO4/c19-15(13-9-5-2-6-10-13)16(20)18-14(17(21)22)11-12-7-3-1-4-8-12/h1-10,14H,11H2,(H,18,20)(H,21,22). The molecule has 0 aliphatic rings. The van der Waals surface area contributed by atoms with Crippen LogP contribution in [0.5, 0.6) is 0 Å². The van der Waals surface area contributed by atoms with Crippen LogP contribution < -0.4 is 5.32 Å². The third-order valence-corrected chi connectivity index (χ3v) is 3.13. The number of amides is 1. The fourth-order valence-corrected chi connectivity index (χ4v) is 1.99. The number of carbonyl (C=O) groups is 3. The van der Waals surface area contributed by atoms with Gasteiger partial charge in [0.15, 0.2) is 0 Å². The van der Waals surface area contributed by atoms with E-state index in [0.29, 0.717) is 0 Å². The molecule has 0 heterocycles. The van der Waals surface area contributed by atoms with Crippen LogP contribution in [-0.4, -0.2) is 28.8 Å². The number of carboxylic acid groups (broad SMARTS) is 1. The van der Waals surface area contributed by atoms with Crippen LogP contribution in [0.4, 0.5) is 0 Å². The average molecular weight is 297 g/mol. The molecule has 0 aliphatic carbocycles. The lowest BCUT2D eigenvalue weighted by Gasteiger charge is -2.14. The largest absolute Gasteiger partial charge is 0.480 e. The van der Waals surface area contributed by atoms with Gasteiger partial charge in [0.25, 0.3) is 5.91 Å². The van der Waals surface area contributed by atoms with Crippen LogP contribution in [0.3, 0.4) is 0 Å². The molecule has 1 unspecified atom stereocenters. The molecule has 0 saturated carbocycles. The second-order valence-corrected chi connectivity index (χ2v) is 4.75. The fourth-order valence-electron chi connectivity index (χ4n) is 1.99. The number of aliphatic carboxylic acids is 1. The third kappa shape index (κ3) is 4.02. The van der Waals surface area contributed by atoms with Gasteiger partial charge in [-0.2, -0.15) is 0 Å². The predicted molar refractivity (Wildman–Crippen MR) is 80.5 cm³/mol. The summed E-state index contributed by atoms with van der Waals surface area (Å²) in [6.07, 6.45) is 0.115. The van der Waals surface area contributed by atoms with Gasteiger partial charge in [-0.05, 0) is 5.56 Å². The minimum absolute atomic E-state index is 0.115. The minimum atomic E-state index is -1.18. The van der Waals surface area contributed by atoms with Crippen LogP contribution in [0.2, 0.25) is 0 Å². The number of nitrogens with one attached hydrogen (secondary N) is 1. The number of ketones is 1. The van der Waals surface area contributed by atoms with Crippen LogP contribution >= 0.6 is 0 Å². The maximum absolute atomic E-state index is 12.0. The van der Waals surface area contributed by atoms with E-state index in [0.717, 1.165) is 5.56 Å². The van der Waals surface area contributed by atoms with E-state index in [1.807, 2.05) is 6.07 Å². The van der Waals surface area contributed by atoms with Crippen molar-refractivity contribution in [2.75, 3.05) is 0 Å². The second kappa shape index (κ2) is 7.17. The topological polar surface area (TPSA) is 83.5 Å². The highest BCUT2D eigenvalue weighted by atomic mass is 16.4. The van der Waals surface area contributed by atoms with Crippen molar-refractivity contribution in [3.05, 3.63) is 71.8 Å². The molecule has 0 radical (unpaired) electrons. The smallest absolute Gasteiger partial charge is 0.326 e. The van der Waals surface area contributed by atoms with Crippen molar-refractivity contribution < 1.29 is 19.5 Å². The molecule has 2 N–H and O–H groups in total. The first-order valence-electron chi connectivity index (χ1n) is 6.75. The summed E-state index contributed by atoms with van der Waals surface area (Å²) >= 11 is 0. The van der Waals surface area contributed by atoms with Crippen LogP contribution in [-0.2, 0) is 16.0 Å². The number of rotatable bonds is 6. The first-order chi connectivity index (χ1) is 10.6. The van der Waals surface area contributed by atoms with E-state index in [1.165, 1.54) is 12.1 Å². The Hall–Kier alpha value is -2.95. The van der Waals surface area contributed by atoms with Crippen molar-refractivity contribution >= 4 is 17.7 Å². The molecule has 0 fully saturated rings. The van der Waals surface area contributed by atoms with Crippen LogP contribution in [0.1, 0.15) is 15.9 Å². The molecule has 0 aliphatic heterocycles. The van der Waals surface area contributed by atoms with Gasteiger partial charge in [0.05, 0.1) is 0 Å². The van der Waals surface area contributed by atoms with Crippen molar-refractivity contribution in [3.8, 4) is 0 Å². The van der Waals surface area contributed by atoms with Crippen molar-refractivity contribution in [3.63, 3.8) is 0 Å². The van der Waals surface area contributed by atoms with Gasteiger partial charge in [0.1, 0.15) is 6.04 Å². The predicted octanol–water partition coefficient (Wildman–Crippen LogP) is 1.68. The first-order valence-corrected chi connectivity index (χ1v) is 6.75. The SMILES string of the molecule is O=C(NC(Cc1ccccc1)C(=O)O)C(=O)c1ccccc1. The van der Waals surface area contributed by atoms with E-state index in [9.17, 15) is 19.5 Å². The summed E-state index contributed by atoms with van der Waals surface area (Å²) in [5.74, 6) is -2.85. The van der Waals surface area contributed by atoms with Crippen LogP contribution in [0.15, 0.2) is 60.7 Å². The summed E-state index contributed by atoms with van der Waals surface area (Å²) in [7, 11) is 0. The molecule has 2 aromatic rings. The minimum Gasteiger partial charge on any atom is -0.480 e. The molecular weight excluding hydrogens is 282 g/mol. The Morgan fingerprint density at radius 1 is 0.909 bits per heavy atom. The van der Waals surface area contributed by atoms with Crippen LogP contribution in [0, 0.1) is 0 Å². The first kappa shape index (κ1) is 15.4. The number of hydrogen-bond donors (Lipinski definition) is 2. The number of Topliss-reactive ketones (excluding diaryl/α,β-unsaturated/α-hetero) is 1. The lowest BCUT2D eigenvalue weighted by Crippen LogP contribution is -2.45.